The molecule has 1 aromatic rings. The van der Waals surface area contributed by atoms with Gasteiger partial charge in [0.25, 0.3) is 5.91 Å². The number of aliphatic hydroxyl groups excluding tert-OH is 1. The lowest BCUT2D eigenvalue weighted by Crippen LogP contribution is -2.48. The SMILES string of the molecule is Cc1cc(OCC(=O)NC(C)(C)CO)ccc1C(C)C. The highest BCUT2D eigenvalue weighted by molar-refractivity contribution is 5.78. The molecule has 0 atom stereocenters. The Kier molecular flexibility index (Phi) is 5.57. The molecule has 1 rings (SSSR count). The van der Waals surface area contributed by atoms with E-state index in [1.54, 1.807) is 13.8 Å². The van der Waals surface area contributed by atoms with Gasteiger partial charge in [0.15, 0.2) is 6.61 Å². The van der Waals surface area contributed by atoms with Gasteiger partial charge in [-0.25, -0.2) is 0 Å². The van der Waals surface area contributed by atoms with Crippen molar-refractivity contribution < 1.29 is 14.6 Å². The molecule has 0 bridgehead atoms. The monoisotopic (exact) mass is 279 g/mol. The molecule has 0 heterocycles. The van der Waals surface area contributed by atoms with Crippen LogP contribution in [0, 0.1) is 6.92 Å². The van der Waals surface area contributed by atoms with Gasteiger partial charge < -0.3 is 15.2 Å². The summed E-state index contributed by atoms with van der Waals surface area (Å²) >= 11 is 0. The van der Waals surface area contributed by atoms with E-state index in [2.05, 4.69) is 19.2 Å². The Morgan fingerprint density at radius 2 is 2.05 bits per heavy atom. The number of aryl methyl sites for hydroxylation is 1. The second kappa shape index (κ2) is 6.75. The number of amides is 1. The summed E-state index contributed by atoms with van der Waals surface area (Å²) in [6.45, 7) is 9.68. The number of nitrogens with one attached hydrogen (secondary N) is 1. The van der Waals surface area contributed by atoms with Crippen LogP contribution in [0.25, 0.3) is 0 Å². The first kappa shape index (κ1) is 16.5. The Hall–Kier alpha value is -1.55. The molecule has 1 amide bonds. The van der Waals surface area contributed by atoms with E-state index in [9.17, 15) is 4.79 Å². The summed E-state index contributed by atoms with van der Waals surface area (Å²) in [4.78, 5) is 11.7. The van der Waals surface area contributed by atoms with Gasteiger partial charge in [0.2, 0.25) is 0 Å². The van der Waals surface area contributed by atoms with E-state index in [1.165, 1.54) is 5.56 Å². The summed E-state index contributed by atoms with van der Waals surface area (Å²) in [6.07, 6.45) is 0. The van der Waals surface area contributed by atoms with Crippen molar-refractivity contribution in [2.75, 3.05) is 13.2 Å². The van der Waals surface area contributed by atoms with E-state index < -0.39 is 5.54 Å². The highest BCUT2D eigenvalue weighted by atomic mass is 16.5. The van der Waals surface area contributed by atoms with E-state index in [4.69, 9.17) is 9.84 Å². The van der Waals surface area contributed by atoms with Gasteiger partial charge >= 0.3 is 0 Å². The minimum atomic E-state index is -0.627. The Bertz CT molecular complexity index is 467. The van der Waals surface area contributed by atoms with E-state index in [0.29, 0.717) is 11.7 Å². The lowest BCUT2D eigenvalue weighted by molar-refractivity contribution is -0.125. The molecule has 1 aromatic carbocycles. The number of carbonyl (C=O) groups is 1. The number of hydrogen-bond acceptors (Lipinski definition) is 3. The van der Waals surface area contributed by atoms with Crippen molar-refractivity contribution in [3.05, 3.63) is 29.3 Å². The van der Waals surface area contributed by atoms with Gasteiger partial charge in [-0.1, -0.05) is 19.9 Å². The van der Waals surface area contributed by atoms with Crippen molar-refractivity contribution in [2.24, 2.45) is 0 Å². The maximum Gasteiger partial charge on any atom is 0.258 e. The number of rotatable bonds is 6. The van der Waals surface area contributed by atoms with Crippen molar-refractivity contribution in [1.82, 2.24) is 5.32 Å². The summed E-state index contributed by atoms with van der Waals surface area (Å²) in [5.41, 5.74) is 1.81. The van der Waals surface area contributed by atoms with Crippen molar-refractivity contribution >= 4 is 5.91 Å². The quantitative estimate of drug-likeness (QED) is 0.840. The fourth-order valence-electron chi connectivity index (χ4n) is 1.99. The largest absolute Gasteiger partial charge is 0.484 e. The molecule has 4 heteroatoms. The van der Waals surface area contributed by atoms with Gasteiger partial charge in [0.05, 0.1) is 12.1 Å². The zero-order valence-electron chi connectivity index (χ0n) is 13.0. The first-order chi connectivity index (χ1) is 9.25. The van der Waals surface area contributed by atoms with Crippen molar-refractivity contribution in [1.29, 1.82) is 0 Å². The molecule has 0 fully saturated rings. The smallest absolute Gasteiger partial charge is 0.258 e. The maximum atomic E-state index is 11.7. The molecule has 0 saturated carbocycles. The Morgan fingerprint density at radius 3 is 2.55 bits per heavy atom. The average Bonchev–Trinajstić information content (AvgIpc) is 2.35. The second-order valence-electron chi connectivity index (χ2n) is 6.05. The molecule has 0 aliphatic carbocycles. The van der Waals surface area contributed by atoms with Gasteiger partial charge in [-0.15, -0.1) is 0 Å². The van der Waals surface area contributed by atoms with Crippen LogP contribution in [-0.2, 0) is 4.79 Å². The standard InChI is InChI=1S/C16H25NO3/c1-11(2)14-7-6-13(8-12(14)3)20-9-15(19)17-16(4,5)10-18/h6-8,11,18H,9-10H2,1-5H3,(H,17,19). The van der Waals surface area contributed by atoms with Crippen LogP contribution in [0.3, 0.4) is 0 Å². The fourth-order valence-corrected chi connectivity index (χ4v) is 1.99. The van der Waals surface area contributed by atoms with Gasteiger partial charge in [0.1, 0.15) is 5.75 Å². The lowest BCUT2D eigenvalue weighted by atomic mass is 9.98. The molecule has 0 aliphatic heterocycles. The van der Waals surface area contributed by atoms with Crippen LogP contribution in [0.5, 0.6) is 5.75 Å². The number of ether oxygens (including phenoxy) is 1. The molecule has 0 radical (unpaired) electrons. The Labute approximate surface area is 121 Å². The van der Waals surface area contributed by atoms with Gasteiger partial charge in [-0.3, -0.25) is 4.79 Å². The second-order valence-corrected chi connectivity index (χ2v) is 6.05. The molecule has 0 unspecified atom stereocenters. The third-order valence-electron chi connectivity index (χ3n) is 3.11. The zero-order chi connectivity index (χ0) is 15.3. The normalized spacial score (nSPS) is 11.6. The average molecular weight is 279 g/mol. The molecular weight excluding hydrogens is 254 g/mol. The fraction of sp³-hybridized carbons (Fsp3) is 0.562. The lowest BCUT2D eigenvalue weighted by Gasteiger charge is -2.23. The molecule has 4 nitrogen and oxygen atoms in total. The third-order valence-corrected chi connectivity index (χ3v) is 3.11. The molecule has 0 aliphatic rings. The molecule has 2 N–H and O–H groups in total. The molecule has 0 spiro atoms. The van der Waals surface area contributed by atoms with Crippen LogP contribution >= 0.6 is 0 Å². The Morgan fingerprint density at radius 1 is 1.40 bits per heavy atom. The van der Waals surface area contributed by atoms with Gasteiger partial charge in [0, 0.05) is 0 Å². The molecule has 0 saturated heterocycles. The van der Waals surface area contributed by atoms with E-state index >= 15 is 0 Å². The summed E-state index contributed by atoms with van der Waals surface area (Å²) in [7, 11) is 0. The highest BCUT2D eigenvalue weighted by Crippen LogP contribution is 2.23. The Balaban J connectivity index is 2.58. The minimum Gasteiger partial charge on any atom is -0.484 e. The number of aliphatic hydroxyl groups is 1. The number of carbonyl (C=O) groups excluding carboxylic acids is 1. The van der Waals surface area contributed by atoms with Crippen molar-refractivity contribution in [2.45, 2.75) is 46.1 Å². The van der Waals surface area contributed by atoms with Gasteiger partial charge in [-0.05, 0) is 49.9 Å². The van der Waals surface area contributed by atoms with Crippen LogP contribution in [0.15, 0.2) is 18.2 Å². The summed E-state index contributed by atoms with van der Waals surface area (Å²) < 4.78 is 5.48. The van der Waals surface area contributed by atoms with Crippen molar-refractivity contribution in [3.63, 3.8) is 0 Å². The zero-order valence-corrected chi connectivity index (χ0v) is 13.0. The molecule has 20 heavy (non-hydrogen) atoms. The topological polar surface area (TPSA) is 58.6 Å². The van der Waals surface area contributed by atoms with E-state index in [1.807, 2.05) is 25.1 Å². The van der Waals surface area contributed by atoms with Crippen LogP contribution in [0.4, 0.5) is 0 Å². The van der Waals surface area contributed by atoms with E-state index in [-0.39, 0.29) is 19.1 Å². The predicted molar refractivity (Wildman–Crippen MR) is 80.1 cm³/mol. The molecular formula is C16H25NO3. The first-order valence-corrected chi connectivity index (χ1v) is 6.90. The summed E-state index contributed by atoms with van der Waals surface area (Å²) in [5, 5.41) is 11.8. The van der Waals surface area contributed by atoms with Crippen LogP contribution in [0.2, 0.25) is 0 Å². The molecule has 0 aromatic heterocycles. The van der Waals surface area contributed by atoms with Crippen LogP contribution in [0.1, 0.15) is 44.7 Å². The maximum absolute atomic E-state index is 11.7. The summed E-state index contributed by atoms with van der Waals surface area (Å²) in [5.74, 6) is 0.913. The number of hydrogen-bond donors (Lipinski definition) is 2. The molecule has 112 valence electrons. The van der Waals surface area contributed by atoms with Crippen LogP contribution < -0.4 is 10.1 Å². The highest BCUT2D eigenvalue weighted by Gasteiger charge is 2.19. The summed E-state index contributed by atoms with van der Waals surface area (Å²) in [6, 6.07) is 5.86. The minimum absolute atomic E-state index is 0.0517. The third kappa shape index (κ3) is 4.85. The van der Waals surface area contributed by atoms with Crippen LogP contribution in [-0.4, -0.2) is 29.8 Å². The first-order valence-electron chi connectivity index (χ1n) is 6.90. The predicted octanol–water partition coefficient (Wildman–Crippen LogP) is 2.38. The van der Waals surface area contributed by atoms with Crippen molar-refractivity contribution in [3.8, 4) is 5.75 Å². The van der Waals surface area contributed by atoms with E-state index in [0.717, 1.165) is 5.56 Å². The van der Waals surface area contributed by atoms with Gasteiger partial charge in [-0.2, -0.15) is 0 Å². The number of benzene rings is 1.